The average Bonchev–Trinajstić information content (AvgIpc) is 2.44. The molecule has 0 saturated heterocycles. The Morgan fingerprint density at radius 3 is 2.92 bits per heavy atom. The standard InChI is InChI=1S/C10H12NOS/c1-8-11(6-7-12)9-4-2-3-5-10(9)13-8/h2-5,12H,6-7H2,1H3/q+1. The molecule has 0 fully saturated rings. The van der Waals surface area contributed by atoms with Crippen molar-refractivity contribution >= 4 is 21.6 Å². The maximum Gasteiger partial charge on any atom is 0.235 e. The molecule has 0 aliphatic heterocycles. The highest BCUT2D eigenvalue weighted by molar-refractivity contribution is 7.18. The van der Waals surface area contributed by atoms with Crippen LogP contribution in [0.1, 0.15) is 5.01 Å². The van der Waals surface area contributed by atoms with Crippen LogP contribution < -0.4 is 4.57 Å². The Morgan fingerprint density at radius 2 is 2.15 bits per heavy atom. The Kier molecular flexibility index (Phi) is 2.29. The molecule has 0 radical (unpaired) electrons. The molecule has 0 bridgehead atoms. The summed E-state index contributed by atoms with van der Waals surface area (Å²) in [4.78, 5) is 0. The average molecular weight is 194 g/mol. The van der Waals surface area contributed by atoms with E-state index in [9.17, 15) is 0 Å². The Hall–Kier alpha value is -0.930. The van der Waals surface area contributed by atoms with Crippen LogP contribution in [0.25, 0.3) is 10.2 Å². The molecule has 0 aliphatic carbocycles. The molecule has 0 spiro atoms. The van der Waals surface area contributed by atoms with E-state index in [1.165, 1.54) is 15.2 Å². The van der Waals surface area contributed by atoms with E-state index < -0.39 is 0 Å². The predicted molar refractivity (Wildman–Crippen MR) is 53.8 cm³/mol. The van der Waals surface area contributed by atoms with Crippen molar-refractivity contribution in [1.82, 2.24) is 0 Å². The molecule has 2 rings (SSSR count). The largest absolute Gasteiger partial charge is 0.390 e. The summed E-state index contributed by atoms with van der Waals surface area (Å²) >= 11 is 1.77. The molecule has 3 heteroatoms. The van der Waals surface area contributed by atoms with Gasteiger partial charge in [0.05, 0.1) is 0 Å². The van der Waals surface area contributed by atoms with Crippen molar-refractivity contribution in [2.75, 3.05) is 6.61 Å². The molecule has 13 heavy (non-hydrogen) atoms. The summed E-state index contributed by atoms with van der Waals surface area (Å²) in [5.41, 5.74) is 1.22. The van der Waals surface area contributed by atoms with Crippen LogP contribution in [0, 0.1) is 6.92 Å². The zero-order valence-electron chi connectivity index (χ0n) is 7.53. The van der Waals surface area contributed by atoms with E-state index in [2.05, 4.69) is 23.6 Å². The Balaban J connectivity index is 2.64. The second-order valence-electron chi connectivity index (χ2n) is 2.96. The molecule has 0 amide bonds. The minimum Gasteiger partial charge on any atom is -0.390 e. The number of benzene rings is 1. The van der Waals surface area contributed by atoms with Crippen LogP contribution in [0.2, 0.25) is 0 Å². The normalized spacial score (nSPS) is 10.9. The van der Waals surface area contributed by atoms with Gasteiger partial charge in [0.15, 0.2) is 6.54 Å². The highest BCUT2D eigenvalue weighted by atomic mass is 32.1. The van der Waals surface area contributed by atoms with Crippen molar-refractivity contribution in [3.8, 4) is 0 Å². The topological polar surface area (TPSA) is 24.1 Å². The van der Waals surface area contributed by atoms with E-state index in [1.807, 2.05) is 12.1 Å². The number of nitrogens with zero attached hydrogens (tertiary/aromatic N) is 1. The van der Waals surface area contributed by atoms with Crippen molar-refractivity contribution < 1.29 is 9.67 Å². The van der Waals surface area contributed by atoms with Crippen LogP contribution in [0.3, 0.4) is 0 Å². The van der Waals surface area contributed by atoms with Gasteiger partial charge >= 0.3 is 0 Å². The van der Waals surface area contributed by atoms with Crippen LogP contribution >= 0.6 is 11.3 Å². The van der Waals surface area contributed by atoms with Crippen LogP contribution in [-0.2, 0) is 6.54 Å². The van der Waals surface area contributed by atoms with E-state index in [4.69, 9.17) is 5.11 Å². The first-order chi connectivity index (χ1) is 6.33. The molecule has 0 aliphatic rings. The number of aliphatic hydroxyl groups excluding tert-OH is 1. The Morgan fingerprint density at radius 1 is 1.38 bits per heavy atom. The summed E-state index contributed by atoms with van der Waals surface area (Å²) in [5.74, 6) is 0. The van der Waals surface area contributed by atoms with Gasteiger partial charge in [-0.15, -0.1) is 0 Å². The molecule has 2 aromatic rings. The maximum atomic E-state index is 8.91. The number of para-hydroxylation sites is 1. The molecule has 1 N–H and O–H groups in total. The molecule has 0 unspecified atom stereocenters. The summed E-state index contributed by atoms with van der Waals surface area (Å²) in [6.45, 7) is 2.97. The highest BCUT2D eigenvalue weighted by Gasteiger charge is 2.14. The first-order valence-electron chi connectivity index (χ1n) is 4.32. The third kappa shape index (κ3) is 1.45. The van der Waals surface area contributed by atoms with E-state index in [1.54, 1.807) is 11.3 Å². The molecule has 0 atom stereocenters. The summed E-state index contributed by atoms with van der Waals surface area (Å²) in [6, 6.07) is 8.28. The quantitative estimate of drug-likeness (QED) is 0.720. The van der Waals surface area contributed by atoms with Crippen LogP contribution in [0.5, 0.6) is 0 Å². The number of aryl methyl sites for hydroxylation is 1. The van der Waals surface area contributed by atoms with Gasteiger partial charge < -0.3 is 5.11 Å². The second-order valence-corrected chi connectivity index (χ2v) is 4.20. The van der Waals surface area contributed by atoms with Crippen molar-refractivity contribution in [2.45, 2.75) is 13.5 Å². The number of hydrogen-bond acceptors (Lipinski definition) is 2. The monoisotopic (exact) mass is 194 g/mol. The summed E-state index contributed by atoms with van der Waals surface area (Å²) < 4.78 is 3.44. The van der Waals surface area contributed by atoms with Gasteiger partial charge in [-0.25, -0.2) is 0 Å². The third-order valence-electron chi connectivity index (χ3n) is 2.12. The van der Waals surface area contributed by atoms with E-state index >= 15 is 0 Å². The first-order valence-corrected chi connectivity index (χ1v) is 5.13. The van der Waals surface area contributed by atoms with Gasteiger partial charge in [0.2, 0.25) is 10.5 Å². The maximum absolute atomic E-state index is 8.91. The fourth-order valence-corrected chi connectivity index (χ4v) is 2.58. The molecule has 1 aromatic carbocycles. The fraction of sp³-hybridized carbons (Fsp3) is 0.300. The number of aromatic nitrogens is 1. The van der Waals surface area contributed by atoms with E-state index in [0.717, 1.165) is 0 Å². The van der Waals surface area contributed by atoms with Crippen molar-refractivity contribution in [3.63, 3.8) is 0 Å². The fourth-order valence-electron chi connectivity index (χ4n) is 1.53. The minimum atomic E-state index is 0.201. The van der Waals surface area contributed by atoms with Gasteiger partial charge in [0, 0.05) is 13.0 Å². The van der Waals surface area contributed by atoms with Gasteiger partial charge in [-0.05, 0) is 6.07 Å². The SMILES string of the molecule is Cc1sc2ccccc2[n+]1CCO. The number of thiazole rings is 1. The molecule has 2 nitrogen and oxygen atoms in total. The zero-order chi connectivity index (χ0) is 9.26. The second kappa shape index (κ2) is 3.44. The summed E-state index contributed by atoms with van der Waals surface area (Å²) in [6.07, 6.45) is 0. The van der Waals surface area contributed by atoms with Gasteiger partial charge in [0.1, 0.15) is 11.3 Å². The number of aliphatic hydroxyl groups is 1. The lowest BCUT2D eigenvalue weighted by Gasteiger charge is -1.91. The Labute approximate surface area is 81.1 Å². The lowest BCUT2D eigenvalue weighted by Crippen LogP contribution is -2.36. The smallest absolute Gasteiger partial charge is 0.235 e. The van der Waals surface area contributed by atoms with Crippen molar-refractivity contribution in [3.05, 3.63) is 29.3 Å². The molecule has 68 valence electrons. The molecule has 0 saturated carbocycles. The van der Waals surface area contributed by atoms with Crippen molar-refractivity contribution in [2.24, 2.45) is 0 Å². The Bertz CT molecular complexity index is 422. The first kappa shape index (κ1) is 8.66. The van der Waals surface area contributed by atoms with Gasteiger partial charge in [-0.3, -0.25) is 0 Å². The van der Waals surface area contributed by atoms with Crippen molar-refractivity contribution in [1.29, 1.82) is 0 Å². The van der Waals surface area contributed by atoms with Crippen LogP contribution in [0.4, 0.5) is 0 Å². The summed E-state index contributed by atoms with van der Waals surface area (Å²) in [7, 11) is 0. The van der Waals surface area contributed by atoms with Crippen LogP contribution in [-0.4, -0.2) is 11.7 Å². The zero-order valence-corrected chi connectivity index (χ0v) is 8.34. The lowest BCUT2D eigenvalue weighted by atomic mass is 10.3. The molecular formula is C10H12NOS+. The van der Waals surface area contributed by atoms with E-state index in [0.29, 0.717) is 6.54 Å². The highest BCUT2D eigenvalue weighted by Crippen LogP contribution is 2.18. The third-order valence-corrected chi connectivity index (χ3v) is 3.20. The molecular weight excluding hydrogens is 182 g/mol. The number of hydrogen-bond donors (Lipinski definition) is 1. The number of rotatable bonds is 2. The van der Waals surface area contributed by atoms with Gasteiger partial charge in [-0.2, -0.15) is 4.57 Å². The number of fused-ring (bicyclic) bond motifs is 1. The van der Waals surface area contributed by atoms with Crippen LogP contribution in [0.15, 0.2) is 24.3 Å². The molecule has 1 heterocycles. The van der Waals surface area contributed by atoms with E-state index in [-0.39, 0.29) is 6.61 Å². The molecule has 1 aromatic heterocycles. The van der Waals surface area contributed by atoms with Gasteiger partial charge in [0.25, 0.3) is 0 Å². The summed E-state index contributed by atoms with van der Waals surface area (Å²) in [5, 5.41) is 10.2. The lowest BCUT2D eigenvalue weighted by molar-refractivity contribution is -0.674. The minimum absolute atomic E-state index is 0.201. The predicted octanol–water partition coefficient (Wildman–Crippen LogP) is 1.49. The van der Waals surface area contributed by atoms with Gasteiger partial charge in [-0.1, -0.05) is 23.5 Å².